The molecular weight excluding hydrogens is 256 g/mol. The van der Waals surface area contributed by atoms with Crippen LogP contribution in [0.1, 0.15) is 32.3 Å². The lowest BCUT2D eigenvalue weighted by Crippen LogP contribution is -2.40. The van der Waals surface area contributed by atoms with Crippen LogP contribution in [0.3, 0.4) is 0 Å². The quantitative estimate of drug-likeness (QED) is 0.890. The Morgan fingerprint density at radius 3 is 2.58 bits per heavy atom. The van der Waals surface area contributed by atoms with Gasteiger partial charge in [-0.2, -0.15) is 0 Å². The number of likely N-dealkylation sites (tertiary alicyclic amines) is 1. The SMILES string of the molecule is Cc1ccc(NC2CCN(CC(C)C)CC2)cc1Cl. The van der Waals surface area contributed by atoms with Gasteiger partial charge in [-0.15, -0.1) is 0 Å². The Morgan fingerprint density at radius 2 is 2.00 bits per heavy atom. The number of anilines is 1. The van der Waals surface area contributed by atoms with Gasteiger partial charge in [0.25, 0.3) is 0 Å². The van der Waals surface area contributed by atoms with E-state index in [1.807, 2.05) is 13.0 Å². The van der Waals surface area contributed by atoms with Gasteiger partial charge in [0.1, 0.15) is 0 Å². The van der Waals surface area contributed by atoms with Gasteiger partial charge in [0.15, 0.2) is 0 Å². The Bertz CT molecular complexity index is 409. The molecule has 0 bridgehead atoms. The standard InChI is InChI=1S/C16H25ClN2/c1-12(2)11-19-8-6-14(7-9-19)18-15-5-4-13(3)16(17)10-15/h4-5,10,12,14,18H,6-9,11H2,1-3H3. The van der Waals surface area contributed by atoms with Crippen LogP contribution < -0.4 is 5.32 Å². The van der Waals surface area contributed by atoms with Crippen molar-refractivity contribution in [2.75, 3.05) is 25.0 Å². The molecule has 1 saturated heterocycles. The first-order valence-electron chi connectivity index (χ1n) is 7.29. The van der Waals surface area contributed by atoms with Gasteiger partial charge < -0.3 is 10.2 Å². The molecule has 1 heterocycles. The summed E-state index contributed by atoms with van der Waals surface area (Å²) < 4.78 is 0. The minimum absolute atomic E-state index is 0.585. The Labute approximate surface area is 122 Å². The fourth-order valence-corrected chi connectivity index (χ4v) is 2.88. The molecule has 0 aliphatic carbocycles. The van der Waals surface area contributed by atoms with Crippen LogP contribution in [0.4, 0.5) is 5.69 Å². The summed E-state index contributed by atoms with van der Waals surface area (Å²) in [6.07, 6.45) is 2.44. The Balaban J connectivity index is 1.83. The highest BCUT2D eigenvalue weighted by atomic mass is 35.5. The third-order valence-electron chi connectivity index (χ3n) is 3.75. The van der Waals surface area contributed by atoms with Gasteiger partial charge >= 0.3 is 0 Å². The maximum absolute atomic E-state index is 6.16. The van der Waals surface area contributed by atoms with Crippen molar-refractivity contribution in [3.8, 4) is 0 Å². The van der Waals surface area contributed by atoms with Gasteiger partial charge in [0.05, 0.1) is 0 Å². The van der Waals surface area contributed by atoms with E-state index in [1.54, 1.807) is 0 Å². The molecule has 0 amide bonds. The fraction of sp³-hybridized carbons (Fsp3) is 0.625. The van der Waals surface area contributed by atoms with E-state index in [0.717, 1.165) is 22.2 Å². The lowest BCUT2D eigenvalue weighted by molar-refractivity contribution is 0.198. The van der Waals surface area contributed by atoms with E-state index in [0.29, 0.717) is 6.04 Å². The highest BCUT2D eigenvalue weighted by Crippen LogP contribution is 2.22. The molecule has 1 aliphatic rings. The van der Waals surface area contributed by atoms with Crippen LogP contribution in [-0.4, -0.2) is 30.6 Å². The van der Waals surface area contributed by atoms with Gasteiger partial charge in [-0.25, -0.2) is 0 Å². The maximum Gasteiger partial charge on any atom is 0.0455 e. The molecule has 0 spiro atoms. The van der Waals surface area contributed by atoms with E-state index in [2.05, 4.69) is 36.2 Å². The molecule has 2 nitrogen and oxygen atoms in total. The number of aryl methyl sites for hydroxylation is 1. The van der Waals surface area contributed by atoms with Crippen LogP contribution in [0.15, 0.2) is 18.2 Å². The molecular formula is C16H25ClN2. The van der Waals surface area contributed by atoms with Crippen LogP contribution in [-0.2, 0) is 0 Å². The number of hydrogen-bond acceptors (Lipinski definition) is 2. The first-order chi connectivity index (χ1) is 9.04. The molecule has 1 aromatic rings. The normalized spacial score (nSPS) is 17.9. The summed E-state index contributed by atoms with van der Waals surface area (Å²) in [5, 5.41) is 4.46. The topological polar surface area (TPSA) is 15.3 Å². The summed E-state index contributed by atoms with van der Waals surface area (Å²) in [5.74, 6) is 0.764. The fourth-order valence-electron chi connectivity index (χ4n) is 2.69. The number of nitrogens with one attached hydrogen (secondary N) is 1. The Hall–Kier alpha value is -0.730. The maximum atomic E-state index is 6.16. The number of hydrogen-bond donors (Lipinski definition) is 1. The molecule has 0 aromatic heterocycles. The smallest absolute Gasteiger partial charge is 0.0455 e. The molecule has 0 atom stereocenters. The van der Waals surface area contributed by atoms with Crippen LogP contribution in [0.5, 0.6) is 0 Å². The van der Waals surface area contributed by atoms with Crippen molar-refractivity contribution < 1.29 is 0 Å². The number of piperidine rings is 1. The van der Waals surface area contributed by atoms with E-state index in [1.165, 1.54) is 32.5 Å². The number of halogens is 1. The van der Waals surface area contributed by atoms with Crippen molar-refractivity contribution in [1.29, 1.82) is 0 Å². The summed E-state index contributed by atoms with van der Waals surface area (Å²) in [5.41, 5.74) is 2.29. The summed E-state index contributed by atoms with van der Waals surface area (Å²) in [6, 6.07) is 6.83. The summed E-state index contributed by atoms with van der Waals surface area (Å²) in [6.45, 7) is 10.3. The molecule has 1 N–H and O–H groups in total. The second-order valence-corrected chi connectivity index (χ2v) is 6.48. The van der Waals surface area contributed by atoms with Gasteiger partial charge in [-0.3, -0.25) is 0 Å². The molecule has 1 aliphatic heterocycles. The number of rotatable bonds is 4. The highest BCUT2D eigenvalue weighted by Gasteiger charge is 2.19. The zero-order valence-electron chi connectivity index (χ0n) is 12.2. The predicted octanol–water partition coefficient (Wildman–Crippen LogP) is 4.18. The van der Waals surface area contributed by atoms with Crippen molar-refractivity contribution >= 4 is 17.3 Å². The van der Waals surface area contributed by atoms with Gasteiger partial charge in [-0.05, 0) is 43.4 Å². The first-order valence-corrected chi connectivity index (χ1v) is 7.67. The lowest BCUT2D eigenvalue weighted by atomic mass is 10.0. The third kappa shape index (κ3) is 4.39. The molecule has 3 heteroatoms. The van der Waals surface area contributed by atoms with Crippen LogP contribution in [0, 0.1) is 12.8 Å². The van der Waals surface area contributed by atoms with Crippen LogP contribution >= 0.6 is 11.6 Å². The molecule has 19 heavy (non-hydrogen) atoms. The first kappa shape index (κ1) is 14.7. The van der Waals surface area contributed by atoms with Crippen molar-refractivity contribution in [2.45, 2.75) is 39.7 Å². The number of benzene rings is 1. The molecule has 1 fully saturated rings. The zero-order valence-corrected chi connectivity index (χ0v) is 13.0. The van der Waals surface area contributed by atoms with Crippen LogP contribution in [0.25, 0.3) is 0 Å². The van der Waals surface area contributed by atoms with Gasteiger partial charge in [0, 0.05) is 36.4 Å². The molecule has 106 valence electrons. The third-order valence-corrected chi connectivity index (χ3v) is 4.16. The van der Waals surface area contributed by atoms with Gasteiger partial charge in [0.2, 0.25) is 0 Å². The highest BCUT2D eigenvalue weighted by molar-refractivity contribution is 6.31. The summed E-state index contributed by atoms with van der Waals surface area (Å²) >= 11 is 6.16. The average molecular weight is 281 g/mol. The van der Waals surface area contributed by atoms with Crippen LogP contribution in [0.2, 0.25) is 5.02 Å². The van der Waals surface area contributed by atoms with E-state index in [-0.39, 0.29) is 0 Å². The molecule has 0 unspecified atom stereocenters. The van der Waals surface area contributed by atoms with E-state index in [9.17, 15) is 0 Å². The average Bonchev–Trinajstić information content (AvgIpc) is 2.36. The zero-order chi connectivity index (χ0) is 13.8. The van der Waals surface area contributed by atoms with E-state index < -0.39 is 0 Å². The summed E-state index contributed by atoms with van der Waals surface area (Å²) in [4.78, 5) is 2.57. The minimum Gasteiger partial charge on any atom is -0.382 e. The summed E-state index contributed by atoms with van der Waals surface area (Å²) in [7, 11) is 0. The Morgan fingerprint density at radius 1 is 1.32 bits per heavy atom. The van der Waals surface area contributed by atoms with Crippen molar-refractivity contribution in [2.24, 2.45) is 5.92 Å². The minimum atomic E-state index is 0.585. The molecule has 0 radical (unpaired) electrons. The molecule has 1 aromatic carbocycles. The second kappa shape index (κ2) is 6.62. The molecule has 0 saturated carbocycles. The van der Waals surface area contributed by atoms with Crippen molar-refractivity contribution in [1.82, 2.24) is 4.90 Å². The van der Waals surface area contributed by atoms with Crippen molar-refractivity contribution in [3.05, 3.63) is 28.8 Å². The van der Waals surface area contributed by atoms with Gasteiger partial charge in [-0.1, -0.05) is 31.5 Å². The number of nitrogens with zero attached hydrogens (tertiary/aromatic N) is 1. The monoisotopic (exact) mass is 280 g/mol. The largest absolute Gasteiger partial charge is 0.382 e. The Kier molecular flexibility index (Phi) is 5.12. The van der Waals surface area contributed by atoms with E-state index in [4.69, 9.17) is 11.6 Å². The van der Waals surface area contributed by atoms with E-state index >= 15 is 0 Å². The van der Waals surface area contributed by atoms with Crippen molar-refractivity contribution in [3.63, 3.8) is 0 Å². The lowest BCUT2D eigenvalue weighted by Gasteiger charge is -2.33. The second-order valence-electron chi connectivity index (χ2n) is 6.08. The molecule has 2 rings (SSSR count). The predicted molar refractivity (Wildman–Crippen MR) is 84.1 cm³/mol.